The minimum atomic E-state index is -3.58. The number of alkyl halides is 2. The van der Waals surface area contributed by atoms with Crippen molar-refractivity contribution in [1.29, 1.82) is 0 Å². The van der Waals surface area contributed by atoms with Gasteiger partial charge in [-0.2, -0.15) is 8.78 Å². The van der Waals surface area contributed by atoms with Crippen LogP contribution in [0.15, 0.2) is 30.3 Å². The molecule has 1 amide bonds. The summed E-state index contributed by atoms with van der Waals surface area (Å²) in [4.78, 5) is 13.1. The third kappa shape index (κ3) is 4.01. The molecule has 8 heteroatoms. The van der Waals surface area contributed by atoms with E-state index in [9.17, 15) is 22.0 Å². The molecule has 0 atom stereocenters. The molecule has 0 bridgehead atoms. The first-order valence-electron chi connectivity index (χ1n) is 6.93. The molecule has 122 valence electrons. The maximum absolute atomic E-state index is 14.2. The van der Waals surface area contributed by atoms with Crippen LogP contribution in [-0.4, -0.2) is 38.1 Å². The smallest absolute Gasteiger partial charge is 0.337 e. The third-order valence-corrected chi connectivity index (χ3v) is 4.71. The molecule has 5 nitrogen and oxygen atoms in total. The van der Waals surface area contributed by atoms with Crippen molar-refractivity contribution in [2.75, 3.05) is 18.8 Å². The van der Waals surface area contributed by atoms with E-state index in [1.54, 1.807) is 6.07 Å². The lowest BCUT2D eigenvalue weighted by atomic mass is 9.97. The molecular formula is C14H18F2N2O3S. The van der Waals surface area contributed by atoms with Crippen molar-refractivity contribution in [1.82, 2.24) is 4.90 Å². The Bertz CT molecular complexity index is 627. The van der Waals surface area contributed by atoms with Crippen LogP contribution in [0.1, 0.15) is 18.4 Å². The molecule has 1 aliphatic rings. The Morgan fingerprint density at radius 1 is 1.23 bits per heavy atom. The molecule has 0 radical (unpaired) electrons. The zero-order valence-electron chi connectivity index (χ0n) is 11.9. The van der Waals surface area contributed by atoms with E-state index in [1.165, 1.54) is 24.3 Å². The summed E-state index contributed by atoms with van der Waals surface area (Å²) in [6, 6.07) is 6.93. The minimum Gasteiger partial charge on any atom is -0.337 e. The fourth-order valence-corrected chi connectivity index (χ4v) is 3.59. The van der Waals surface area contributed by atoms with Gasteiger partial charge in [0.25, 0.3) is 5.91 Å². The minimum absolute atomic E-state index is 0.113. The molecule has 0 aliphatic carbocycles. The van der Waals surface area contributed by atoms with E-state index in [4.69, 9.17) is 5.14 Å². The number of likely N-dealkylation sites (tertiary alicyclic amines) is 1. The predicted molar refractivity (Wildman–Crippen MR) is 77.6 cm³/mol. The van der Waals surface area contributed by atoms with Gasteiger partial charge < -0.3 is 4.90 Å². The van der Waals surface area contributed by atoms with E-state index < -0.39 is 21.9 Å². The van der Waals surface area contributed by atoms with E-state index in [0.29, 0.717) is 12.8 Å². The monoisotopic (exact) mass is 332 g/mol. The number of carbonyl (C=O) groups excluding carboxylic acids is 1. The third-order valence-electron chi connectivity index (χ3n) is 3.77. The number of amides is 1. The van der Waals surface area contributed by atoms with E-state index in [0.717, 1.165) is 4.90 Å². The Morgan fingerprint density at radius 3 is 2.27 bits per heavy atom. The van der Waals surface area contributed by atoms with Gasteiger partial charge in [0.05, 0.1) is 5.75 Å². The fourth-order valence-electron chi connectivity index (χ4n) is 2.60. The van der Waals surface area contributed by atoms with Crippen LogP contribution in [0.5, 0.6) is 0 Å². The molecule has 0 unspecified atom stereocenters. The Labute approximate surface area is 128 Å². The number of carbonyl (C=O) groups is 1. The van der Waals surface area contributed by atoms with Crippen molar-refractivity contribution in [3.8, 4) is 0 Å². The van der Waals surface area contributed by atoms with Crippen molar-refractivity contribution in [3.63, 3.8) is 0 Å². The van der Waals surface area contributed by atoms with Crippen LogP contribution in [0.4, 0.5) is 8.78 Å². The average molecular weight is 332 g/mol. The van der Waals surface area contributed by atoms with Gasteiger partial charge in [0.1, 0.15) is 0 Å². The molecule has 0 spiro atoms. The summed E-state index contributed by atoms with van der Waals surface area (Å²) in [5.41, 5.74) is -0.341. The zero-order chi connectivity index (χ0) is 16.4. The van der Waals surface area contributed by atoms with Gasteiger partial charge in [0, 0.05) is 18.7 Å². The molecule has 1 fully saturated rings. The van der Waals surface area contributed by atoms with Gasteiger partial charge in [-0.15, -0.1) is 0 Å². The molecule has 2 rings (SSSR count). The maximum atomic E-state index is 14.2. The SMILES string of the molecule is NS(=O)(=O)CC1CCN(C(=O)C(F)(F)c2ccccc2)CC1. The topological polar surface area (TPSA) is 80.5 Å². The number of rotatable bonds is 4. The number of hydrogen-bond donors (Lipinski definition) is 1. The van der Waals surface area contributed by atoms with Crippen molar-refractivity contribution < 1.29 is 22.0 Å². The van der Waals surface area contributed by atoms with Gasteiger partial charge in [-0.25, -0.2) is 13.6 Å². The predicted octanol–water partition coefficient (Wildman–Crippen LogP) is 1.31. The first kappa shape index (κ1) is 16.8. The molecule has 1 saturated heterocycles. The standard InChI is InChI=1S/C14H18F2N2O3S/c15-14(16,12-4-2-1-3-5-12)13(19)18-8-6-11(7-9-18)10-22(17,20)21/h1-5,11H,6-10H2,(H2,17,20,21). The Kier molecular flexibility index (Phi) is 4.81. The van der Waals surface area contributed by atoms with Gasteiger partial charge in [0.15, 0.2) is 0 Å². The van der Waals surface area contributed by atoms with Crippen LogP contribution >= 0.6 is 0 Å². The van der Waals surface area contributed by atoms with E-state index in [-0.39, 0.29) is 30.3 Å². The largest absolute Gasteiger partial charge is 0.349 e. The summed E-state index contributed by atoms with van der Waals surface area (Å²) in [5, 5.41) is 4.98. The summed E-state index contributed by atoms with van der Waals surface area (Å²) >= 11 is 0. The van der Waals surface area contributed by atoms with Crippen molar-refractivity contribution in [2.45, 2.75) is 18.8 Å². The number of benzene rings is 1. The molecule has 1 aliphatic heterocycles. The molecule has 1 aromatic rings. The molecule has 22 heavy (non-hydrogen) atoms. The van der Waals surface area contributed by atoms with Gasteiger partial charge in [-0.05, 0) is 18.8 Å². The van der Waals surface area contributed by atoms with E-state index >= 15 is 0 Å². The highest BCUT2D eigenvalue weighted by atomic mass is 32.2. The Hall–Kier alpha value is -1.54. The summed E-state index contributed by atoms with van der Waals surface area (Å²) in [6.07, 6.45) is 0.708. The van der Waals surface area contributed by atoms with Crippen LogP contribution in [0, 0.1) is 5.92 Å². The molecular weight excluding hydrogens is 314 g/mol. The number of hydrogen-bond acceptors (Lipinski definition) is 3. The van der Waals surface area contributed by atoms with Crippen molar-refractivity contribution in [2.24, 2.45) is 11.1 Å². The van der Waals surface area contributed by atoms with Crippen molar-refractivity contribution >= 4 is 15.9 Å². The lowest BCUT2D eigenvalue weighted by molar-refractivity contribution is -0.160. The molecule has 2 N–H and O–H groups in total. The summed E-state index contributed by atoms with van der Waals surface area (Å²) in [5.74, 6) is -5.19. The second kappa shape index (κ2) is 6.29. The Balaban J connectivity index is 2.00. The highest BCUT2D eigenvalue weighted by Crippen LogP contribution is 2.31. The number of sulfonamides is 1. The van der Waals surface area contributed by atoms with Gasteiger partial charge >= 0.3 is 5.92 Å². The zero-order valence-corrected chi connectivity index (χ0v) is 12.7. The molecule has 0 saturated carbocycles. The van der Waals surface area contributed by atoms with Crippen LogP contribution in [0.25, 0.3) is 0 Å². The fraction of sp³-hybridized carbons (Fsp3) is 0.500. The van der Waals surface area contributed by atoms with Crippen LogP contribution in [0.3, 0.4) is 0 Å². The summed E-state index contributed by atoms with van der Waals surface area (Å²) < 4.78 is 50.5. The summed E-state index contributed by atoms with van der Waals surface area (Å²) in [6.45, 7) is 0.225. The van der Waals surface area contributed by atoms with Crippen LogP contribution in [0.2, 0.25) is 0 Å². The van der Waals surface area contributed by atoms with Gasteiger partial charge in [0.2, 0.25) is 10.0 Å². The number of halogens is 2. The lowest BCUT2D eigenvalue weighted by Crippen LogP contribution is -2.46. The van der Waals surface area contributed by atoms with E-state index in [2.05, 4.69) is 0 Å². The highest BCUT2D eigenvalue weighted by Gasteiger charge is 2.44. The maximum Gasteiger partial charge on any atom is 0.349 e. The highest BCUT2D eigenvalue weighted by molar-refractivity contribution is 7.89. The van der Waals surface area contributed by atoms with E-state index in [1.807, 2.05) is 0 Å². The lowest BCUT2D eigenvalue weighted by Gasteiger charge is -2.33. The Morgan fingerprint density at radius 2 is 1.77 bits per heavy atom. The number of piperidine rings is 1. The van der Waals surface area contributed by atoms with Gasteiger partial charge in [-0.1, -0.05) is 30.3 Å². The first-order chi connectivity index (χ1) is 10.2. The number of nitrogens with zero attached hydrogens (tertiary/aromatic N) is 1. The molecule has 0 aromatic heterocycles. The van der Waals surface area contributed by atoms with Crippen molar-refractivity contribution in [3.05, 3.63) is 35.9 Å². The quantitative estimate of drug-likeness (QED) is 0.902. The van der Waals surface area contributed by atoms with Crippen LogP contribution < -0.4 is 5.14 Å². The second-order valence-electron chi connectivity index (χ2n) is 5.51. The second-order valence-corrected chi connectivity index (χ2v) is 7.16. The normalized spacial score (nSPS) is 17.5. The van der Waals surface area contributed by atoms with Gasteiger partial charge in [-0.3, -0.25) is 4.79 Å². The first-order valence-corrected chi connectivity index (χ1v) is 8.65. The molecule has 1 heterocycles. The summed E-state index contributed by atoms with van der Waals surface area (Å²) in [7, 11) is -3.58. The van der Waals surface area contributed by atoms with Crippen LogP contribution in [-0.2, 0) is 20.7 Å². The average Bonchev–Trinajstić information content (AvgIpc) is 2.46. The number of nitrogens with two attached hydrogens (primary N) is 1. The number of primary sulfonamides is 1. The molecule has 1 aromatic carbocycles.